The lowest BCUT2D eigenvalue weighted by atomic mass is 9.62. The van der Waals surface area contributed by atoms with Crippen LogP contribution >= 0.6 is 0 Å². The minimum Gasteiger partial charge on any atom is -0.338 e. The number of likely N-dealkylation sites (tertiary alicyclic amines) is 1. The smallest absolute Gasteiger partial charge is 0.315 e. The van der Waals surface area contributed by atoms with Crippen LogP contribution in [-0.2, 0) is 14.4 Å². The van der Waals surface area contributed by atoms with E-state index in [9.17, 15) is 27.6 Å². The monoisotopic (exact) mass is 457 g/mol. The van der Waals surface area contributed by atoms with Crippen LogP contribution in [0.1, 0.15) is 48.3 Å². The first-order valence-corrected chi connectivity index (χ1v) is 11.1. The summed E-state index contributed by atoms with van der Waals surface area (Å²) >= 11 is 0. The van der Waals surface area contributed by atoms with Crippen molar-refractivity contribution < 1.29 is 27.6 Å². The highest BCUT2D eigenvalue weighted by molar-refractivity contribution is 6.10. The topological polar surface area (TPSA) is 54.5 Å². The summed E-state index contributed by atoms with van der Waals surface area (Å²) in [5.41, 5.74) is 3.55. The van der Waals surface area contributed by atoms with E-state index in [-0.39, 0.29) is 43.3 Å². The molecule has 2 aromatic rings. The Morgan fingerprint density at radius 3 is 1.94 bits per heavy atom. The van der Waals surface area contributed by atoms with E-state index in [1.54, 1.807) is 12.1 Å². The van der Waals surface area contributed by atoms with Crippen molar-refractivity contribution in [1.82, 2.24) is 4.90 Å². The molecule has 0 atom stereocenters. The minimum atomic E-state index is -3.04. The zero-order chi connectivity index (χ0) is 23.9. The van der Waals surface area contributed by atoms with Crippen LogP contribution < -0.4 is 0 Å². The van der Waals surface area contributed by atoms with Crippen molar-refractivity contribution in [2.75, 3.05) is 13.1 Å². The van der Waals surface area contributed by atoms with Crippen LogP contribution in [0, 0.1) is 25.1 Å². The molecule has 0 bridgehead atoms. The Morgan fingerprint density at radius 2 is 1.45 bits per heavy atom. The number of halogens is 3. The minimum absolute atomic E-state index is 0.138. The van der Waals surface area contributed by atoms with E-state index < -0.39 is 23.7 Å². The average Bonchev–Trinajstić information content (AvgIpc) is 2.75. The van der Waals surface area contributed by atoms with Crippen LogP contribution in [0.25, 0.3) is 11.1 Å². The fourth-order valence-corrected chi connectivity index (χ4v) is 5.44. The number of hydrogen-bond acceptors (Lipinski definition) is 3. The van der Waals surface area contributed by atoms with Crippen molar-refractivity contribution in [3.63, 3.8) is 0 Å². The summed E-state index contributed by atoms with van der Waals surface area (Å²) in [4.78, 5) is 39.2. The summed E-state index contributed by atoms with van der Waals surface area (Å²) in [7, 11) is 0. The van der Waals surface area contributed by atoms with Gasteiger partial charge in [0, 0.05) is 25.9 Å². The Labute approximate surface area is 190 Å². The number of amides is 1. The maximum absolute atomic E-state index is 13.3. The van der Waals surface area contributed by atoms with E-state index in [1.165, 1.54) is 12.1 Å². The number of nitrogens with zero attached hydrogens (tertiary/aromatic N) is 1. The van der Waals surface area contributed by atoms with E-state index in [1.807, 2.05) is 26.0 Å². The molecule has 2 aromatic carbocycles. The lowest BCUT2D eigenvalue weighted by Gasteiger charge is -2.44. The first-order valence-electron chi connectivity index (χ1n) is 11.1. The molecule has 33 heavy (non-hydrogen) atoms. The Morgan fingerprint density at radius 1 is 0.939 bits per heavy atom. The zero-order valence-corrected chi connectivity index (χ0v) is 18.7. The van der Waals surface area contributed by atoms with E-state index in [0.717, 1.165) is 32.7 Å². The fourth-order valence-electron chi connectivity index (χ4n) is 5.44. The van der Waals surface area contributed by atoms with Crippen molar-refractivity contribution in [1.29, 1.82) is 0 Å². The normalized spacial score (nSPS) is 18.9. The summed E-state index contributed by atoms with van der Waals surface area (Å²) in [6.45, 7) is 4.01. The molecular formula is C26H26F3NO3. The Balaban J connectivity index is 1.55. The number of rotatable bonds is 3. The molecular weight excluding hydrogens is 431 g/mol. The van der Waals surface area contributed by atoms with E-state index in [2.05, 4.69) is 0 Å². The van der Waals surface area contributed by atoms with Crippen LogP contribution in [-0.4, -0.2) is 41.9 Å². The number of aryl methyl sites for hydroxylation is 2. The van der Waals surface area contributed by atoms with E-state index >= 15 is 0 Å². The number of piperidine rings is 1. The molecule has 1 spiro atoms. The molecule has 4 nitrogen and oxygen atoms in total. The number of benzene rings is 2. The third-order valence-corrected chi connectivity index (χ3v) is 7.12. The summed E-state index contributed by atoms with van der Waals surface area (Å²) in [5, 5.41) is 0. The molecule has 0 unspecified atom stereocenters. The van der Waals surface area contributed by atoms with Crippen LogP contribution in [0.15, 0.2) is 36.4 Å². The first-order chi connectivity index (χ1) is 15.6. The second-order valence-corrected chi connectivity index (χ2v) is 9.38. The highest BCUT2D eigenvalue weighted by Crippen LogP contribution is 2.47. The number of ketones is 2. The lowest BCUT2D eigenvalue weighted by molar-refractivity contribution is -0.147. The zero-order valence-electron chi connectivity index (χ0n) is 18.7. The van der Waals surface area contributed by atoms with Crippen molar-refractivity contribution in [2.24, 2.45) is 5.41 Å². The molecule has 0 radical (unpaired) electrons. The van der Waals surface area contributed by atoms with Crippen LogP contribution in [0.2, 0.25) is 0 Å². The summed E-state index contributed by atoms with van der Waals surface area (Å²) in [5.74, 6) is -2.65. The SMILES string of the molecule is Cc1cc(-c2ccc(F)cc2)cc(C)c1C1C(=O)CC2(CCN(C(=O)C(F)F)CC2)CC1=O. The van der Waals surface area contributed by atoms with E-state index in [4.69, 9.17) is 0 Å². The van der Waals surface area contributed by atoms with Gasteiger partial charge in [0.2, 0.25) is 0 Å². The summed E-state index contributed by atoms with van der Waals surface area (Å²) in [6.07, 6.45) is -1.88. The number of Topliss-reactive ketones (excluding diaryl/α,β-unsaturated/α-hetero) is 2. The van der Waals surface area contributed by atoms with Gasteiger partial charge in [0.15, 0.2) is 0 Å². The van der Waals surface area contributed by atoms with Crippen molar-refractivity contribution in [3.05, 3.63) is 58.9 Å². The van der Waals surface area contributed by atoms with Gasteiger partial charge in [0.05, 0.1) is 0 Å². The van der Waals surface area contributed by atoms with Gasteiger partial charge < -0.3 is 4.90 Å². The van der Waals surface area contributed by atoms with Gasteiger partial charge in [-0.05, 0) is 72.1 Å². The summed E-state index contributed by atoms with van der Waals surface area (Å²) in [6, 6.07) is 9.98. The van der Waals surface area contributed by atoms with Crippen LogP contribution in [0.5, 0.6) is 0 Å². The lowest BCUT2D eigenvalue weighted by Crippen LogP contribution is -2.49. The number of hydrogen-bond donors (Lipinski definition) is 0. The third kappa shape index (κ3) is 4.45. The molecule has 0 aromatic heterocycles. The largest absolute Gasteiger partial charge is 0.338 e. The molecule has 7 heteroatoms. The van der Waals surface area contributed by atoms with Crippen LogP contribution in [0.4, 0.5) is 13.2 Å². The highest BCUT2D eigenvalue weighted by atomic mass is 19.3. The maximum Gasteiger partial charge on any atom is 0.315 e. The molecule has 0 N–H and O–H groups in total. The standard InChI is InChI=1S/C26H26F3NO3/c1-15-11-18(17-3-5-19(27)6-4-17)12-16(2)22(15)23-20(31)13-26(14-21(23)32)7-9-30(10-8-26)25(33)24(28)29/h3-6,11-12,23-24H,7-10,13-14H2,1-2H3. The van der Waals surface area contributed by atoms with Gasteiger partial charge in [-0.2, -0.15) is 8.78 Å². The molecule has 1 aliphatic heterocycles. The molecule has 4 rings (SSSR count). The molecule has 1 aliphatic carbocycles. The Bertz CT molecular complexity index is 1060. The molecule has 2 fully saturated rings. The Kier molecular flexibility index (Phi) is 6.16. The number of carbonyl (C=O) groups excluding carboxylic acids is 3. The van der Waals surface area contributed by atoms with Crippen LogP contribution in [0.3, 0.4) is 0 Å². The third-order valence-electron chi connectivity index (χ3n) is 7.12. The van der Waals surface area contributed by atoms with E-state index in [0.29, 0.717) is 12.8 Å². The second kappa shape index (κ2) is 8.76. The molecule has 174 valence electrons. The van der Waals surface area contributed by atoms with Gasteiger partial charge in [-0.1, -0.05) is 24.3 Å². The Hall–Kier alpha value is -2.96. The number of alkyl halides is 2. The first kappa shape index (κ1) is 23.2. The van der Waals surface area contributed by atoms with Crippen molar-refractivity contribution in [2.45, 2.75) is 51.9 Å². The molecule has 2 aliphatic rings. The summed E-state index contributed by atoms with van der Waals surface area (Å²) < 4.78 is 38.7. The quantitative estimate of drug-likeness (QED) is 0.610. The van der Waals surface area contributed by atoms with Gasteiger partial charge in [0.1, 0.15) is 23.3 Å². The fraction of sp³-hybridized carbons (Fsp3) is 0.423. The van der Waals surface area contributed by atoms with Gasteiger partial charge in [0.25, 0.3) is 5.91 Å². The number of carbonyl (C=O) groups is 3. The van der Waals surface area contributed by atoms with Gasteiger partial charge >= 0.3 is 6.43 Å². The van der Waals surface area contributed by atoms with Gasteiger partial charge in [-0.15, -0.1) is 0 Å². The van der Waals surface area contributed by atoms with Crippen molar-refractivity contribution in [3.8, 4) is 11.1 Å². The molecule has 1 amide bonds. The second-order valence-electron chi connectivity index (χ2n) is 9.38. The van der Waals surface area contributed by atoms with Crippen molar-refractivity contribution >= 4 is 17.5 Å². The molecule has 1 saturated heterocycles. The maximum atomic E-state index is 13.3. The highest BCUT2D eigenvalue weighted by Gasteiger charge is 2.48. The van der Waals surface area contributed by atoms with Gasteiger partial charge in [-0.25, -0.2) is 4.39 Å². The predicted molar refractivity (Wildman–Crippen MR) is 118 cm³/mol. The molecule has 1 heterocycles. The average molecular weight is 457 g/mol. The predicted octanol–water partition coefficient (Wildman–Crippen LogP) is 5.00. The van der Waals surface area contributed by atoms with Gasteiger partial charge in [-0.3, -0.25) is 14.4 Å². The molecule has 1 saturated carbocycles.